The Balaban J connectivity index is 1.46. The van der Waals surface area contributed by atoms with Gasteiger partial charge in [-0.05, 0) is 84.4 Å². The highest BCUT2D eigenvalue weighted by atomic mass is 32.2. The molecule has 4 rings (SSSR count). The van der Waals surface area contributed by atoms with E-state index in [1.165, 1.54) is 5.56 Å². The van der Waals surface area contributed by atoms with Gasteiger partial charge in [-0.25, -0.2) is 4.79 Å². The molecule has 200 valence electrons. The summed E-state index contributed by atoms with van der Waals surface area (Å²) in [5.41, 5.74) is 1.35. The lowest BCUT2D eigenvalue weighted by Gasteiger charge is -2.53. The molecule has 5 atom stereocenters. The van der Waals surface area contributed by atoms with E-state index in [9.17, 15) is 9.59 Å². The minimum atomic E-state index is -0.613. The molecule has 1 aromatic rings. The second-order valence-corrected chi connectivity index (χ2v) is 13.0. The Bertz CT molecular complexity index is 975. The monoisotopic (exact) mass is 518 g/mol. The number of ether oxygens (including phenoxy) is 3. The number of aryl methyl sites for hydroxylation is 1. The number of hydrogen-bond donors (Lipinski definition) is 1. The molecule has 3 aliphatic rings. The zero-order valence-electron chi connectivity index (χ0n) is 22.8. The molecule has 0 unspecified atom stereocenters. The van der Waals surface area contributed by atoms with Crippen LogP contribution in [0.1, 0.15) is 71.1 Å². The van der Waals surface area contributed by atoms with E-state index in [-0.39, 0.29) is 35.6 Å². The van der Waals surface area contributed by atoms with Gasteiger partial charge < -0.3 is 24.4 Å². The van der Waals surface area contributed by atoms with Crippen molar-refractivity contribution in [1.82, 2.24) is 10.2 Å². The number of carbonyl (C=O) groups is 2. The van der Waals surface area contributed by atoms with Gasteiger partial charge in [0.05, 0.1) is 12.2 Å². The van der Waals surface area contributed by atoms with E-state index in [2.05, 4.69) is 44.3 Å². The first-order chi connectivity index (χ1) is 16.9. The highest BCUT2D eigenvalue weighted by Gasteiger charge is 2.51. The quantitative estimate of drug-likeness (QED) is 0.584. The van der Waals surface area contributed by atoms with Gasteiger partial charge in [0.15, 0.2) is 0 Å². The van der Waals surface area contributed by atoms with Crippen molar-refractivity contribution in [3.05, 3.63) is 29.3 Å². The van der Waals surface area contributed by atoms with Crippen LogP contribution in [0.5, 0.6) is 5.75 Å². The number of carbonyl (C=O) groups excluding carboxylic acids is 2. The topological polar surface area (TPSA) is 77.1 Å². The molecular formula is C28H42N2O5S. The summed E-state index contributed by atoms with van der Waals surface area (Å²) in [4.78, 5) is 27.9. The largest absolute Gasteiger partial charge is 0.487 e. The predicted molar refractivity (Wildman–Crippen MR) is 142 cm³/mol. The summed E-state index contributed by atoms with van der Waals surface area (Å²) in [7, 11) is 0. The van der Waals surface area contributed by atoms with Gasteiger partial charge in [0.25, 0.3) is 0 Å². The number of amides is 2. The number of nitrogens with zero attached hydrogens (tertiary/aromatic N) is 1. The maximum absolute atomic E-state index is 13.6. The minimum absolute atomic E-state index is 0.0102. The molecule has 36 heavy (non-hydrogen) atoms. The number of piperidine rings is 1. The normalized spacial score (nSPS) is 27.6. The highest BCUT2D eigenvalue weighted by molar-refractivity contribution is 7.98. The van der Waals surface area contributed by atoms with Crippen LogP contribution in [0.3, 0.4) is 0 Å². The van der Waals surface area contributed by atoms with Crippen LogP contribution >= 0.6 is 11.8 Å². The SMILES string of the molecule is CSCC[C@H](NC(=O)OC(C)(C)C)C(=O)N1CC[C@H]2O[C@H]3c4ccc(C)cc4OC(C)(C)[C@@H]3C[C@H]2C1. The van der Waals surface area contributed by atoms with Crippen molar-refractivity contribution in [3.8, 4) is 5.75 Å². The van der Waals surface area contributed by atoms with Crippen LogP contribution < -0.4 is 10.1 Å². The van der Waals surface area contributed by atoms with E-state index in [4.69, 9.17) is 14.2 Å². The summed E-state index contributed by atoms with van der Waals surface area (Å²) in [6, 6.07) is 5.79. The van der Waals surface area contributed by atoms with Gasteiger partial charge in [0, 0.05) is 30.5 Å². The third-order valence-electron chi connectivity index (χ3n) is 7.56. The van der Waals surface area contributed by atoms with Crippen molar-refractivity contribution in [1.29, 1.82) is 0 Å². The maximum Gasteiger partial charge on any atom is 0.408 e. The number of hydrogen-bond acceptors (Lipinski definition) is 6. The van der Waals surface area contributed by atoms with E-state index < -0.39 is 17.7 Å². The molecular weight excluding hydrogens is 476 g/mol. The number of rotatable bonds is 5. The second kappa shape index (κ2) is 10.4. The molecule has 7 nitrogen and oxygen atoms in total. The van der Waals surface area contributed by atoms with Gasteiger partial charge in [0.1, 0.15) is 23.0 Å². The Labute approximate surface area is 220 Å². The summed E-state index contributed by atoms with van der Waals surface area (Å²) in [5.74, 6) is 2.12. The van der Waals surface area contributed by atoms with Gasteiger partial charge in [-0.3, -0.25) is 4.79 Å². The molecule has 0 aliphatic carbocycles. The van der Waals surface area contributed by atoms with Crippen molar-refractivity contribution in [2.75, 3.05) is 25.1 Å². The lowest BCUT2D eigenvalue weighted by atomic mass is 9.70. The van der Waals surface area contributed by atoms with Gasteiger partial charge >= 0.3 is 6.09 Å². The fourth-order valence-corrected chi connectivity index (χ4v) is 6.25. The van der Waals surface area contributed by atoms with E-state index in [0.717, 1.165) is 29.9 Å². The molecule has 0 bridgehead atoms. The highest BCUT2D eigenvalue weighted by Crippen LogP contribution is 2.53. The van der Waals surface area contributed by atoms with Gasteiger partial charge in [0.2, 0.25) is 5.91 Å². The molecule has 0 spiro atoms. The lowest BCUT2D eigenvalue weighted by Crippen LogP contribution is -2.58. The number of benzene rings is 1. The number of nitrogens with one attached hydrogen (secondary N) is 1. The third-order valence-corrected chi connectivity index (χ3v) is 8.20. The van der Waals surface area contributed by atoms with E-state index in [0.29, 0.717) is 19.5 Å². The average molecular weight is 519 g/mol. The molecule has 0 radical (unpaired) electrons. The number of fused-ring (bicyclic) bond motifs is 4. The van der Waals surface area contributed by atoms with Crippen LogP contribution in [-0.4, -0.2) is 65.3 Å². The maximum atomic E-state index is 13.6. The summed E-state index contributed by atoms with van der Waals surface area (Å²) >= 11 is 1.66. The van der Waals surface area contributed by atoms with Crippen LogP contribution in [0, 0.1) is 18.8 Å². The van der Waals surface area contributed by atoms with Crippen LogP contribution in [0.15, 0.2) is 18.2 Å². The zero-order chi connectivity index (χ0) is 26.3. The first-order valence-electron chi connectivity index (χ1n) is 13.1. The van der Waals surface area contributed by atoms with Crippen molar-refractivity contribution >= 4 is 23.8 Å². The lowest BCUT2D eigenvalue weighted by molar-refractivity contribution is -0.189. The van der Waals surface area contributed by atoms with Gasteiger partial charge in [-0.1, -0.05) is 12.1 Å². The molecule has 0 aromatic heterocycles. The first-order valence-corrected chi connectivity index (χ1v) is 14.5. The summed E-state index contributed by atoms with van der Waals surface area (Å²) in [6.45, 7) is 13.1. The standard InChI is InChI=1S/C28H42N2O5S/c1-17-8-9-19-23(14-17)34-28(5,6)20-15-18-16-30(12-10-22(18)33-24(19)20)25(31)21(11-13-36-7)29-26(32)35-27(2,3)4/h8-9,14,18,20-22,24H,10-13,15-16H2,1-7H3,(H,29,32)/t18-,20+,21-,22+,24-/m0/s1. The molecule has 0 saturated carbocycles. The van der Waals surface area contributed by atoms with Crippen LogP contribution in [0.4, 0.5) is 4.79 Å². The van der Waals surface area contributed by atoms with E-state index >= 15 is 0 Å². The molecule has 8 heteroatoms. The van der Waals surface area contributed by atoms with Crippen molar-refractivity contribution in [2.24, 2.45) is 11.8 Å². The number of thioether (sulfide) groups is 1. The van der Waals surface area contributed by atoms with Crippen LogP contribution in [-0.2, 0) is 14.3 Å². The molecule has 1 N–H and O–H groups in total. The summed E-state index contributed by atoms with van der Waals surface area (Å²) in [5, 5.41) is 2.83. The number of alkyl carbamates (subject to hydrolysis) is 1. The van der Waals surface area contributed by atoms with E-state index in [1.807, 2.05) is 31.9 Å². The smallest absolute Gasteiger partial charge is 0.408 e. The number of likely N-dealkylation sites (tertiary alicyclic amines) is 1. The van der Waals surface area contributed by atoms with Crippen molar-refractivity contribution in [3.63, 3.8) is 0 Å². The molecule has 2 saturated heterocycles. The fraction of sp³-hybridized carbons (Fsp3) is 0.714. The van der Waals surface area contributed by atoms with Gasteiger partial charge in [-0.2, -0.15) is 11.8 Å². The molecule has 2 fully saturated rings. The fourth-order valence-electron chi connectivity index (χ4n) is 5.78. The minimum Gasteiger partial charge on any atom is -0.487 e. The Hall–Kier alpha value is -1.93. The Morgan fingerprint density at radius 3 is 2.75 bits per heavy atom. The second-order valence-electron chi connectivity index (χ2n) is 12.0. The summed E-state index contributed by atoms with van der Waals surface area (Å²) in [6.07, 6.45) is 3.89. The summed E-state index contributed by atoms with van der Waals surface area (Å²) < 4.78 is 18.7. The van der Waals surface area contributed by atoms with Crippen molar-refractivity contribution in [2.45, 2.75) is 90.3 Å². The van der Waals surface area contributed by atoms with Crippen LogP contribution in [0.2, 0.25) is 0 Å². The Kier molecular flexibility index (Phi) is 7.87. The van der Waals surface area contributed by atoms with Gasteiger partial charge in [-0.15, -0.1) is 0 Å². The van der Waals surface area contributed by atoms with Crippen molar-refractivity contribution < 1.29 is 23.8 Å². The zero-order valence-corrected chi connectivity index (χ0v) is 23.6. The molecule has 2 amide bonds. The Morgan fingerprint density at radius 1 is 1.31 bits per heavy atom. The Morgan fingerprint density at radius 2 is 2.06 bits per heavy atom. The molecule has 3 heterocycles. The average Bonchev–Trinajstić information content (AvgIpc) is 2.78. The molecule has 3 aliphatic heterocycles. The first kappa shape index (κ1) is 27.1. The predicted octanol–water partition coefficient (Wildman–Crippen LogP) is 5.11. The molecule has 1 aromatic carbocycles. The van der Waals surface area contributed by atoms with E-state index in [1.54, 1.807) is 11.8 Å². The third kappa shape index (κ3) is 5.96. The van der Waals surface area contributed by atoms with Crippen LogP contribution in [0.25, 0.3) is 0 Å².